The van der Waals surface area contributed by atoms with Crippen molar-refractivity contribution in [3.05, 3.63) is 205 Å². The molecule has 8 aliphatic rings. The molecule has 8 saturated carbocycles. The van der Waals surface area contributed by atoms with Gasteiger partial charge < -0.3 is 113 Å². The molecule has 12 rings (SSSR count). The second-order valence-electron chi connectivity index (χ2n) is 26.2. The van der Waals surface area contributed by atoms with E-state index in [2.05, 4.69) is 0 Å². The number of nitrogens with two attached hydrogens (primary N) is 10. The Morgan fingerprint density at radius 3 is 0.575 bits per heavy atom. The molecule has 0 aliphatic heterocycles. The van der Waals surface area contributed by atoms with Gasteiger partial charge in [0, 0.05) is 12.8 Å². The van der Waals surface area contributed by atoms with Gasteiger partial charge in [-0.3, -0.25) is 28.8 Å². The Balaban J connectivity index is -0.0000000713. The van der Waals surface area contributed by atoms with Crippen LogP contribution in [0.4, 0.5) is 0 Å². The van der Waals surface area contributed by atoms with E-state index in [1.165, 1.54) is 77.0 Å². The molecule has 678 valence electrons. The van der Waals surface area contributed by atoms with Crippen LogP contribution in [-0.4, -0.2) is 98.8 Å². The molecule has 0 atom stereocenters. The summed E-state index contributed by atoms with van der Waals surface area (Å²) in [4.78, 5) is 81.4. The van der Waals surface area contributed by atoms with Crippen molar-refractivity contribution in [1.29, 1.82) is 0 Å². The number of benzene rings is 4. The van der Waals surface area contributed by atoms with E-state index in [4.69, 9.17) is 145 Å². The number of hydrogen-bond donors (Lipinski definition) is 10. The minimum absolute atomic E-state index is 0. The monoisotopic (exact) mass is 2710 g/mol. The van der Waals surface area contributed by atoms with Crippen molar-refractivity contribution in [2.24, 2.45) is 57.2 Å². The van der Waals surface area contributed by atoms with Gasteiger partial charge in [0.2, 0.25) is 0 Å². The summed E-state index contributed by atoms with van der Waals surface area (Å²) in [5.41, 5.74) is 1.87. The van der Waals surface area contributed by atoms with Crippen molar-refractivity contribution in [2.45, 2.75) is 184 Å². The third kappa shape index (κ3) is 83.9. The Labute approximate surface area is 752 Å². The molecule has 0 spiro atoms. The standard InChI is InChI=1S/2C12H18O2.2C7H6O2.2C7H8O.2C5H10O2.2C4H8O2.10ClH.10H2N.5Pt/c2*13-11(14)7-12-4-8-1-9(5-12)3-10(2-8)6-12;2*8-7(9)6-4-2-1-3-5-6;2*8-6-7-4-2-1-3-5-7;2*1-5(2,3)4(6)7;2*1-2-3-4(5)6;;;;;;;;;;;;;;;;;;;;;;;;;/h2*8-10H,1-7H2,(H,13,14);2*1-5H,(H,8,9);2*1-5,8H,6H2;2*1-3H3,(H,6,7);2*2-3H2,1H3,(H,5,6);10*1H;10*1H2;;;;;/q;;;;;;;;;;;;;;;;;;;;10*-1;5*+4/p-10. The van der Waals surface area contributed by atoms with Crippen LogP contribution in [0, 0.1) is 57.2 Å². The minimum Gasteiger partial charge on any atom is -0.693 e. The van der Waals surface area contributed by atoms with Crippen molar-refractivity contribution in [1.82, 2.24) is 0 Å². The molecule has 0 unspecified atom stereocenters. The van der Waals surface area contributed by atoms with Gasteiger partial charge in [-0.1, -0.05) is 111 Å². The second kappa shape index (κ2) is 89.8. The van der Waals surface area contributed by atoms with Gasteiger partial charge in [0.05, 0.1) is 48.0 Å². The molecule has 8 aliphatic carbocycles. The fraction of sp³-hybridized carbons (Fsp3) is 0.543. The van der Waals surface area contributed by atoms with E-state index < -0.39 is 141 Å². The third-order valence-corrected chi connectivity index (χ3v) is 15.7. The number of rotatable bonds is 12. The van der Waals surface area contributed by atoms with E-state index in [0.29, 0.717) is 36.8 Å². The number of carboxylic acid groups (broad SMARTS) is 8. The number of hydrogen-bond acceptors (Lipinski definition) is 10. The largest absolute Gasteiger partial charge is 0.693 e. The van der Waals surface area contributed by atoms with Crippen LogP contribution < -0.4 is 0 Å². The summed E-state index contributed by atoms with van der Waals surface area (Å²) in [6, 6.07) is 35.6. The summed E-state index contributed by atoms with van der Waals surface area (Å²) in [5, 5.41) is 84.1. The molecule has 30 N–H and O–H groups in total. The van der Waals surface area contributed by atoms with Crippen LogP contribution >= 0.6 is 94.2 Å². The Kier molecular flexibility index (Phi) is 116. The molecule has 43 heteroatoms. The van der Waals surface area contributed by atoms with Crippen LogP contribution in [0.15, 0.2) is 121 Å². The van der Waals surface area contributed by atoms with Crippen LogP contribution in [0.2, 0.25) is 0 Å². The van der Waals surface area contributed by atoms with Gasteiger partial charge in [-0.15, -0.1) is 0 Å². The predicted octanol–water partition coefficient (Wildman–Crippen LogP) is 28.5. The third-order valence-electron chi connectivity index (χ3n) is 15.7. The molecule has 28 nitrogen and oxygen atoms in total. The number of aliphatic hydroxyl groups is 2. The number of aliphatic carboxylic acids is 6. The Morgan fingerprint density at radius 2 is 0.487 bits per heavy atom. The average molecular weight is 2720 g/mol. The van der Waals surface area contributed by atoms with E-state index in [-0.39, 0.29) is 85.5 Å². The summed E-state index contributed by atoms with van der Waals surface area (Å²) >= 11 is -2.36. The maximum atomic E-state index is 10.9. The van der Waals surface area contributed by atoms with Crippen LogP contribution in [-0.2, 0) is 124 Å². The van der Waals surface area contributed by atoms with Crippen molar-refractivity contribution >= 4 is 142 Å². The maximum Gasteiger partial charge on any atom is -0.693 e. The van der Waals surface area contributed by atoms with Gasteiger partial charge in [-0.2, -0.15) is 0 Å². The smallest absolute Gasteiger partial charge is 0.693 e. The van der Waals surface area contributed by atoms with Gasteiger partial charge in [-0.25, -0.2) is 9.59 Å². The molecular formula is C70H120Cl10N10O18Pt5. The average Bonchev–Trinajstić information content (AvgIpc) is 0.760. The summed E-state index contributed by atoms with van der Waals surface area (Å²) < 4.78 is 0. The Hall–Kier alpha value is -1.50. The van der Waals surface area contributed by atoms with E-state index in [1.807, 2.05) is 74.5 Å². The zero-order valence-corrected chi connectivity index (χ0v) is 82.9. The molecule has 4 aromatic rings. The molecule has 113 heavy (non-hydrogen) atoms. The first-order valence-electron chi connectivity index (χ1n) is 31.6. The Bertz CT molecular complexity index is 2620. The predicted molar refractivity (Wildman–Crippen MR) is 448 cm³/mol. The first-order valence-corrected chi connectivity index (χ1v) is 59.8. The van der Waals surface area contributed by atoms with E-state index in [9.17, 15) is 38.4 Å². The van der Waals surface area contributed by atoms with Crippen LogP contribution in [0.3, 0.4) is 0 Å². The summed E-state index contributed by atoms with van der Waals surface area (Å²) in [7, 11) is 48.8. The summed E-state index contributed by atoms with van der Waals surface area (Å²) in [5.74, 6) is -0.594. The van der Waals surface area contributed by atoms with Gasteiger partial charge in [0.15, 0.2) is 0 Å². The molecule has 0 aromatic heterocycles. The minimum atomic E-state index is -0.879. The number of carboxylic acids is 8. The normalized spacial score (nSPS) is 18.2. The zero-order chi connectivity index (χ0) is 80.2. The number of aromatic carboxylic acids is 2. The van der Waals surface area contributed by atoms with Crippen molar-refractivity contribution in [3.8, 4) is 0 Å². The van der Waals surface area contributed by atoms with Crippen LogP contribution in [0.25, 0.3) is 61.5 Å². The summed E-state index contributed by atoms with van der Waals surface area (Å²) in [6.07, 6.45) is 18.6. The van der Waals surface area contributed by atoms with E-state index in [1.54, 1.807) is 102 Å². The van der Waals surface area contributed by atoms with Crippen molar-refractivity contribution in [3.63, 3.8) is 0 Å². The quantitative estimate of drug-likeness (QED) is 0.0630. The van der Waals surface area contributed by atoms with Crippen LogP contribution in [0.1, 0.15) is 203 Å². The van der Waals surface area contributed by atoms with Crippen molar-refractivity contribution < 1.29 is 172 Å². The van der Waals surface area contributed by atoms with Gasteiger partial charge in [-0.05, 0) is 213 Å². The zero-order valence-electron chi connectivity index (χ0n) is 64.0. The van der Waals surface area contributed by atoms with Gasteiger partial charge >= 0.3 is 224 Å². The maximum absolute atomic E-state index is 10.9. The fourth-order valence-electron chi connectivity index (χ4n) is 12.4. The van der Waals surface area contributed by atoms with E-state index in [0.717, 1.165) is 59.5 Å². The SMILES string of the molecule is CC(C)(C)C(=O)O.CC(C)(C)C(=O)O.CCCC(=O)O.CCCC(=O)O.O=C(O)CC12CC3CC(CC(C3)C1)C2.O=C(O)CC12CC3CC(CC(C3)C1)C2.O=C(O)c1ccccc1.O=C(O)c1ccccc1.OCc1ccccc1.OCc1ccccc1.[Cl][Pt+2][Cl].[Cl][Pt+2][Cl].[Cl][Pt+2][Cl].[Cl][Pt+2][Cl].[Cl][Pt+2][Cl].[NH2-].[NH2-].[NH2-].[NH2-].[NH2-].[NH2-].[NH2-].[NH2-].[NH2-].[NH2-]. The Morgan fingerprint density at radius 1 is 0.327 bits per heavy atom. The molecule has 0 heterocycles. The molecule has 8 bridgehead atoms. The molecule has 0 saturated heterocycles. The second-order valence-corrected chi connectivity index (χ2v) is 42.6. The van der Waals surface area contributed by atoms with Gasteiger partial charge in [0.1, 0.15) is 0 Å². The first kappa shape index (κ1) is 146. The fourth-order valence-corrected chi connectivity index (χ4v) is 12.4. The molecular weight excluding hydrogens is 2600 g/mol. The molecule has 4 aromatic carbocycles. The number of halogens is 10. The number of aliphatic hydroxyl groups excluding tert-OH is 2. The topological polar surface area (TPSA) is 674 Å². The molecule has 0 amide bonds. The first-order chi connectivity index (χ1) is 48.3. The van der Waals surface area contributed by atoms with Gasteiger partial charge in [0.25, 0.3) is 0 Å². The van der Waals surface area contributed by atoms with Crippen LogP contribution in [0.5, 0.6) is 0 Å². The number of carbonyl (C=O) groups is 8. The molecule has 8 fully saturated rings. The van der Waals surface area contributed by atoms with E-state index >= 15 is 0 Å². The summed E-state index contributed by atoms with van der Waals surface area (Å²) in [6.45, 7) is 13.9. The van der Waals surface area contributed by atoms with Crippen molar-refractivity contribution in [2.75, 3.05) is 0 Å². The molecule has 0 radical (unpaired) electrons.